The normalized spacial score (nSPS) is 11.5. The number of carbonyl (C=O) groups excluding carboxylic acids is 1. The minimum atomic E-state index is -0.244. The number of hydrogen-bond donors (Lipinski definition) is 1. The predicted octanol–water partition coefficient (Wildman–Crippen LogP) is 6.38. The van der Waals surface area contributed by atoms with Crippen LogP contribution in [0.25, 0.3) is 27.8 Å². The van der Waals surface area contributed by atoms with Crippen molar-refractivity contribution in [1.82, 2.24) is 20.2 Å². The number of nitrogens with one attached hydrogen (secondary N) is 1. The van der Waals surface area contributed by atoms with Gasteiger partial charge in [0, 0.05) is 16.3 Å². The number of benzene rings is 4. The number of thioether (sulfide) groups is 1. The highest BCUT2D eigenvalue weighted by molar-refractivity contribution is 7.99. The molecule has 0 aliphatic carbocycles. The minimum Gasteiger partial charge on any atom is -0.497 e. The Morgan fingerprint density at radius 3 is 2.45 bits per heavy atom. The average Bonchev–Trinajstić information content (AvgIpc) is 3.39. The van der Waals surface area contributed by atoms with E-state index >= 15 is 0 Å². The van der Waals surface area contributed by atoms with Gasteiger partial charge in [-0.3, -0.25) is 9.36 Å². The zero-order chi connectivity index (χ0) is 26.5. The lowest BCUT2D eigenvalue weighted by molar-refractivity contribution is -0.118. The molecule has 0 saturated carbocycles. The molecular formula is C29H24ClN5O2S. The monoisotopic (exact) mass is 541 g/mol. The van der Waals surface area contributed by atoms with Crippen LogP contribution in [0.5, 0.6) is 5.75 Å². The van der Waals surface area contributed by atoms with Gasteiger partial charge in [0.2, 0.25) is 0 Å². The maximum atomic E-state index is 12.7. The van der Waals surface area contributed by atoms with E-state index in [-0.39, 0.29) is 11.7 Å². The SMILES string of the molecule is COc1ccc(-c2nnc(SCC(=O)NN=C(C)c3ccc4ccccc4c3)n2-c2ccc(Cl)cc2)cc1. The minimum absolute atomic E-state index is 0.114. The maximum absolute atomic E-state index is 12.7. The summed E-state index contributed by atoms with van der Waals surface area (Å²) in [6.45, 7) is 1.87. The Hall–Kier alpha value is -4.14. The standard InChI is InChI=1S/C29H24ClN5O2S/c1-19(22-8-7-20-5-3-4-6-23(20)17-22)31-32-27(36)18-38-29-34-33-28(21-9-15-26(37-2)16-10-21)35(29)25-13-11-24(30)12-14-25/h3-17H,18H2,1-2H3,(H,32,36). The molecule has 9 heteroatoms. The highest BCUT2D eigenvalue weighted by atomic mass is 35.5. The first-order chi connectivity index (χ1) is 18.5. The summed E-state index contributed by atoms with van der Waals surface area (Å²) >= 11 is 7.39. The number of rotatable bonds is 8. The van der Waals surface area contributed by atoms with Crippen LogP contribution >= 0.6 is 23.4 Å². The molecule has 0 unspecified atom stereocenters. The number of ether oxygens (including phenoxy) is 1. The van der Waals surface area contributed by atoms with E-state index in [2.05, 4.69) is 38.9 Å². The summed E-state index contributed by atoms with van der Waals surface area (Å²) in [5, 5.41) is 16.6. The molecule has 0 aliphatic heterocycles. The van der Waals surface area contributed by atoms with Gasteiger partial charge in [0.1, 0.15) is 5.75 Å². The van der Waals surface area contributed by atoms with Gasteiger partial charge >= 0.3 is 0 Å². The van der Waals surface area contributed by atoms with Crippen molar-refractivity contribution in [3.8, 4) is 22.8 Å². The van der Waals surface area contributed by atoms with Crippen molar-refractivity contribution >= 4 is 45.8 Å². The fourth-order valence-electron chi connectivity index (χ4n) is 3.90. The maximum Gasteiger partial charge on any atom is 0.250 e. The zero-order valence-corrected chi connectivity index (χ0v) is 22.3. The van der Waals surface area contributed by atoms with E-state index in [0.29, 0.717) is 16.0 Å². The number of hydrazone groups is 1. The first-order valence-electron chi connectivity index (χ1n) is 11.8. The van der Waals surface area contributed by atoms with Gasteiger partial charge in [-0.1, -0.05) is 59.8 Å². The first kappa shape index (κ1) is 25.5. The van der Waals surface area contributed by atoms with Gasteiger partial charge in [0.05, 0.1) is 18.6 Å². The van der Waals surface area contributed by atoms with E-state index in [0.717, 1.165) is 39.0 Å². The van der Waals surface area contributed by atoms with Gasteiger partial charge in [-0.2, -0.15) is 5.10 Å². The van der Waals surface area contributed by atoms with Gasteiger partial charge in [0.15, 0.2) is 11.0 Å². The van der Waals surface area contributed by atoms with E-state index in [1.54, 1.807) is 19.2 Å². The second-order valence-electron chi connectivity index (χ2n) is 8.43. The molecule has 0 spiro atoms. The highest BCUT2D eigenvalue weighted by Gasteiger charge is 2.17. The van der Waals surface area contributed by atoms with Crippen LogP contribution in [-0.2, 0) is 4.79 Å². The van der Waals surface area contributed by atoms with Crippen molar-refractivity contribution in [1.29, 1.82) is 0 Å². The van der Waals surface area contributed by atoms with Crippen molar-refractivity contribution < 1.29 is 9.53 Å². The third-order valence-corrected chi connectivity index (χ3v) is 7.10. The summed E-state index contributed by atoms with van der Waals surface area (Å²) in [6, 6.07) is 29.2. The molecule has 0 saturated heterocycles. The second kappa shape index (κ2) is 11.5. The van der Waals surface area contributed by atoms with Crippen molar-refractivity contribution in [2.45, 2.75) is 12.1 Å². The van der Waals surface area contributed by atoms with Crippen LogP contribution in [0.15, 0.2) is 101 Å². The topological polar surface area (TPSA) is 81.4 Å². The molecule has 38 heavy (non-hydrogen) atoms. The molecule has 0 fully saturated rings. The Morgan fingerprint density at radius 2 is 1.71 bits per heavy atom. The molecule has 0 atom stereocenters. The number of amides is 1. The molecule has 1 N–H and O–H groups in total. The Bertz CT molecular complexity index is 1610. The molecular weight excluding hydrogens is 518 g/mol. The number of fused-ring (bicyclic) bond motifs is 1. The van der Waals surface area contributed by atoms with Crippen molar-refractivity contribution in [3.05, 3.63) is 102 Å². The molecule has 5 rings (SSSR count). The molecule has 190 valence electrons. The quantitative estimate of drug-likeness (QED) is 0.140. The molecule has 1 amide bonds. The Kier molecular flexibility index (Phi) is 7.72. The molecule has 1 aromatic heterocycles. The fraction of sp³-hybridized carbons (Fsp3) is 0.103. The number of halogens is 1. The fourth-order valence-corrected chi connectivity index (χ4v) is 4.77. The van der Waals surface area contributed by atoms with Gasteiger partial charge in [0.25, 0.3) is 5.91 Å². The summed E-state index contributed by atoms with van der Waals surface area (Å²) in [5.74, 6) is 1.26. The Balaban J connectivity index is 1.33. The van der Waals surface area contributed by atoms with Gasteiger partial charge in [-0.05, 0) is 77.9 Å². The number of aromatic nitrogens is 3. The largest absolute Gasteiger partial charge is 0.497 e. The smallest absolute Gasteiger partial charge is 0.250 e. The van der Waals surface area contributed by atoms with E-state index in [1.165, 1.54) is 11.8 Å². The zero-order valence-electron chi connectivity index (χ0n) is 20.8. The van der Waals surface area contributed by atoms with E-state index < -0.39 is 0 Å². The van der Waals surface area contributed by atoms with Crippen molar-refractivity contribution in [2.75, 3.05) is 12.9 Å². The van der Waals surface area contributed by atoms with Crippen LogP contribution in [-0.4, -0.2) is 39.2 Å². The number of nitrogens with zero attached hydrogens (tertiary/aromatic N) is 4. The summed E-state index contributed by atoms with van der Waals surface area (Å²) in [5.41, 5.74) is 6.02. The highest BCUT2D eigenvalue weighted by Crippen LogP contribution is 2.29. The first-order valence-corrected chi connectivity index (χ1v) is 13.2. The average molecular weight is 542 g/mol. The van der Waals surface area contributed by atoms with Gasteiger partial charge < -0.3 is 4.74 Å². The molecule has 0 bridgehead atoms. The van der Waals surface area contributed by atoms with E-state index in [4.69, 9.17) is 16.3 Å². The van der Waals surface area contributed by atoms with Crippen LogP contribution < -0.4 is 10.2 Å². The van der Waals surface area contributed by atoms with Crippen LogP contribution in [0.2, 0.25) is 5.02 Å². The van der Waals surface area contributed by atoms with Crippen LogP contribution in [0.3, 0.4) is 0 Å². The summed E-state index contributed by atoms with van der Waals surface area (Å²) in [6.07, 6.45) is 0. The molecule has 0 radical (unpaired) electrons. The summed E-state index contributed by atoms with van der Waals surface area (Å²) in [7, 11) is 1.62. The third kappa shape index (κ3) is 5.72. The lowest BCUT2D eigenvalue weighted by Crippen LogP contribution is -2.21. The lowest BCUT2D eigenvalue weighted by Gasteiger charge is -2.11. The van der Waals surface area contributed by atoms with Gasteiger partial charge in [-0.15, -0.1) is 10.2 Å². The summed E-state index contributed by atoms with van der Waals surface area (Å²) in [4.78, 5) is 12.7. The molecule has 0 aliphatic rings. The number of hydrogen-bond acceptors (Lipinski definition) is 6. The number of methoxy groups -OCH3 is 1. The predicted molar refractivity (Wildman–Crippen MR) is 153 cm³/mol. The molecule has 4 aromatic carbocycles. The van der Waals surface area contributed by atoms with E-state index in [1.807, 2.05) is 72.2 Å². The Labute approximate surface area is 229 Å². The van der Waals surface area contributed by atoms with Crippen LogP contribution in [0.4, 0.5) is 0 Å². The molecule has 1 heterocycles. The van der Waals surface area contributed by atoms with Crippen molar-refractivity contribution in [2.24, 2.45) is 5.10 Å². The van der Waals surface area contributed by atoms with Gasteiger partial charge in [-0.25, -0.2) is 5.43 Å². The van der Waals surface area contributed by atoms with Crippen LogP contribution in [0.1, 0.15) is 12.5 Å². The van der Waals surface area contributed by atoms with Crippen LogP contribution in [0, 0.1) is 0 Å². The Morgan fingerprint density at radius 1 is 0.974 bits per heavy atom. The second-order valence-corrected chi connectivity index (χ2v) is 9.81. The summed E-state index contributed by atoms with van der Waals surface area (Å²) < 4.78 is 7.18. The van der Waals surface area contributed by atoms with E-state index in [9.17, 15) is 4.79 Å². The molecule has 7 nitrogen and oxygen atoms in total. The third-order valence-electron chi connectivity index (χ3n) is 5.91. The molecule has 5 aromatic rings. The van der Waals surface area contributed by atoms with Crippen molar-refractivity contribution in [3.63, 3.8) is 0 Å². The lowest BCUT2D eigenvalue weighted by atomic mass is 10.0. The number of carbonyl (C=O) groups is 1.